The maximum Gasteiger partial charge on any atom is 0.138 e. The van der Waals surface area contributed by atoms with E-state index in [4.69, 9.17) is 0 Å². The molecule has 0 aliphatic rings. The zero-order valence-corrected chi connectivity index (χ0v) is 7.60. The average molecular weight is 177 g/mol. The highest BCUT2D eigenvalue weighted by molar-refractivity contribution is 5.35. The lowest BCUT2D eigenvalue weighted by atomic mass is 10.2. The normalized spacial score (nSPS) is 9.08. The van der Waals surface area contributed by atoms with Gasteiger partial charge in [0, 0.05) is 13.0 Å². The van der Waals surface area contributed by atoms with Crippen LogP contribution in [0.4, 0.5) is 4.39 Å². The minimum atomic E-state index is -0.251. The number of benzene rings is 1. The molecule has 0 aromatic heterocycles. The van der Waals surface area contributed by atoms with Crippen LogP contribution in [0.3, 0.4) is 0 Å². The van der Waals surface area contributed by atoms with Gasteiger partial charge in [-0.2, -0.15) is 0 Å². The summed E-state index contributed by atoms with van der Waals surface area (Å²) in [5.74, 6) is 5.42. The van der Waals surface area contributed by atoms with Crippen LogP contribution < -0.4 is 5.32 Å². The minimum Gasteiger partial charge on any atom is -0.319 e. The molecule has 1 rings (SSSR count). The molecule has 0 atom stereocenters. The minimum absolute atomic E-state index is 0.251. The fourth-order valence-electron chi connectivity index (χ4n) is 0.908. The van der Waals surface area contributed by atoms with E-state index in [1.807, 2.05) is 7.05 Å². The topological polar surface area (TPSA) is 12.0 Å². The van der Waals surface area contributed by atoms with Gasteiger partial charge >= 0.3 is 0 Å². The molecule has 0 saturated carbocycles. The predicted molar refractivity (Wildman–Crippen MR) is 51.8 cm³/mol. The highest BCUT2D eigenvalue weighted by atomic mass is 19.1. The standard InChI is InChI=1S/C11H12FN/c1-13-9-5-4-7-10-6-2-3-8-11(10)12/h2-3,6,8,13H,5,9H2,1H3. The Hall–Kier alpha value is -1.33. The highest BCUT2D eigenvalue weighted by Crippen LogP contribution is 2.03. The van der Waals surface area contributed by atoms with Crippen LogP contribution in [-0.2, 0) is 0 Å². The van der Waals surface area contributed by atoms with Crippen molar-refractivity contribution in [3.8, 4) is 11.8 Å². The first-order valence-corrected chi connectivity index (χ1v) is 4.22. The largest absolute Gasteiger partial charge is 0.319 e. The van der Waals surface area contributed by atoms with Crippen molar-refractivity contribution in [1.29, 1.82) is 0 Å². The quantitative estimate of drug-likeness (QED) is 0.536. The zero-order chi connectivity index (χ0) is 9.52. The van der Waals surface area contributed by atoms with E-state index in [9.17, 15) is 4.39 Å². The molecule has 0 spiro atoms. The Labute approximate surface area is 78.0 Å². The maximum absolute atomic E-state index is 13.0. The van der Waals surface area contributed by atoms with Crippen molar-refractivity contribution >= 4 is 0 Å². The molecular formula is C11H12FN. The van der Waals surface area contributed by atoms with Gasteiger partial charge in [-0.3, -0.25) is 0 Å². The summed E-state index contributed by atoms with van der Waals surface area (Å²) in [4.78, 5) is 0. The first kappa shape index (κ1) is 9.76. The summed E-state index contributed by atoms with van der Waals surface area (Å²) >= 11 is 0. The van der Waals surface area contributed by atoms with Gasteiger partial charge in [0.15, 0.2) is 0 Å². The summed E-state index contributed by atoms with van der Waals surface area (Å²) in [6, 6.07) is 6.54. The molecule has 0 heterocycles. The summed E-state index contributed by atoms with van der Waals surface area (Å²) in [6.07, 6.45) is 0.741. The lowest BCUT2D eigenvalue weighted by Gasteiger charge is -1.91. The van der Waals surface area contributed by atoms with E-state index >= 15 is 0 Å². The third kappa shape index (κ3) is 3.27. The van der Waals surface area contributed by atoms with Crippen molar-refractivity contribution in [3.63, 3.8) is 0 Å². The van der Waals surface area contributed by atoms with Crippen molar-refractivity contribution in [2.75, 3.05) is 13.6 Å². The summed E-state index contributed by atoms with van der Waals surface area (Å²) in [5.41, 5.74) is 0.471. The Kier molecular flexibility index (Phi) is 4.01. The molecule has 68 valence electrons. The van der Waals surface area contributed by atoms with Gasteiger partial charge in [0.2, 0.25) is 0 Å². The second kappa shape index (κ2) is 5.34. The fraction of sp³-hybridized carbons (Fsp3) is 0.273. The number of nitrogens with one attached hydrogen (secondary N) is 1. The van der Waals surface area contributed by atoms with Gasteiger partial charge in [0.1, 0.15) is 5.82 Å². The molecule has 13 heavy (non-hydrogen) atoms. The third-order valence-corrected chi connectivity index (χ3v) is 1.60. The summed E-state index contributed by atoms with van der Waals surface area (Å²) in [7, 11) is 1.87. The van der Waals surface area contributed by atoms with Crippen LogP contribution in [0.15, 0.2) is 24.3 Å². The van der Waals surface area contributed by atoms with Crippen molar-refractivity contribution in [2.24, 2.45) is 0 Å². The van der Waals surface area contributed by atoms with Gasteiger partial charge in [0.25, 0.3) is 0 Å². The van der Waals surface area contributed by atoms with E-state index in [-0.39, 0.29) is 5.82 Å². The van der Waals surface area contributed by atoms with E-state index < -0.39 is 0 Å². The maximum atomic E-state index is 13.0. The van der Waals surface area contributed by atoms with Gasteiger partial charge in [-0.05, 0) is 19.2 Å². The Bertz CT molecular complexity index is 322. The van der Waals surface area contributed by atoms with E-state index in [0.717, 1.165) is 13.0 Å². The summed E-state index contributed by atoms with van der Waals surface area (Å²) in [5, 5.41) is 2.97. The molecule has 0 unspecified atom stereocenters. The SMILES string of the molecule is CNCCC#Cc1ccccc1F. The first-order chi connectivity index (χ1) is 6.34. The molecule has 0 fully saturated rings. The Morgan fingerprint density at radius 2 is 2.15 bits per heavy atom. The predicted octanol–water partition coefficient (Wildman–Crippen LogP) is 1.79. The Morgan fingerprint density at radius 3 is 2.85 bits per heavy atom. The van der Waals surface area contributed by atoms with Gasteiger partial charge in [-0.15, -0.1) is 0 Å². The van der Waals surface area contributed by atoms with E-state index in [1.165, 1.54) is 6.07 Å². The lowest BCUT2D eigenvalue weighted by molar-refractivity contribution is 0.624. The van der Waals surface area contributed by atoms with Gasteiger partial charge in [-0.1, -0.05) is 24.0 Å². The van der Waals surface area contributed by atoms with Crippen molar-refractivity contribution in [2.45, 2.75) is 6.42 Å². The number of halogens is 1. The summed E-state index contributed by atoms with van der Waals surface area (Å²) in [6.45, 7) is 0.835. The van der Waals surface area contributed by atoms with E-state index in [2.05, 4.69) is 17.2 Å². The van der Waals surface area contributed by atoms with Crippen LogP contribution in [0.2, 0.25) is 0 Å². The molecule has 0 amide bonds. The smallest absolute Gasteiger partial charge is 0.138 e. The van der Waals surface area contributed by atoms with Gasteiger partial charge in [0.05, 0.1) is 5.56 Å². The molecule has 0 bridgehead atoms. The van der Waals surface area contributed by atoms with Crippen molar-refractivity contribution < 1.29 is 4.39 Å². The van der Waals surface area contributed by atoms with Crippen LogP contribution in [0.5, 0.6) is 0 Å². The van der Waals surface area contributed by atoms with Crippen molar-refractivity contribution in [1.82, 2.24) is 5.32 Å². The van der Waals surface area contributed by atoms with Crippen LogP contribution in [-0.4, -0.2) is 13.6 Å². The molecular weight excluding hydrogens is 165 g/mol. The molecule has 0 aliphatic heterocycles. The zero-order valence-electron chi connectivity index (χ0n) is 7.60. The molecule has 0 radical (unpaired) electrons. The van der Waals surface area contributed by atoms with E-state index in [1.54, 1.807) is 18.2 Å². The lowest BCUT2D eigenvalue weighted by Crippen LogP contribution is -2.05. The van der Waals surface area contributed by atoms with Gasteiger partial charge < -0.3 is 5.32 Å². The van der Waals surface area contributed by atoms with Crippen LogP contribution in [0.1, 0.15) is 12.0 Å². The molecule has 1 aromatic carbocycles. The Morgan fingerprint density at radius 1 is 1.38 bits per heavy atom. The second-order valence-corrected chi connectivity index (χ2v) is 2.64. The van der Waals surface area contributed by atoms with Crippen LogP contribution in [0, 0.1) is 17.7 Å². The second-order valence-electron chi connectivity index (χ2n) is 2.64. The summed E-state index contributed by atoms with van der Waals surface area (Å²) < 4.78 is 13.0. The van der Waals surface area contributed by atoms with Crippen LogP contribution >= 0.6 is 0 Å². The molecule has 0 saturated heterocycles. The fourth-order valence-corrected chi connectivity index (χ4v) is 0.908. The number of hydrogen-bond donors (Lipinski definition) is 1. The Balaban J connectivity index is 2.61. The van der Waals surface area contributed by atoms with E-state index in [0.29, 0.717) is 5.56 Å². The highest BCUT2D eigenvalue weighted by Gasteiger charge is 1.93. The van der Waals surface area contributed by atoms with Gasteiger partial charge in [-0.25, -0.2) is 4.39 Å². The van der Waals surface area contributed by atoms with Crippen molar-refractivity contribution in [3.05, 3.63) is 35.6 Å². The molecule has 1 aromatic rings. The molecule has 0 aliphatic carbocycles. The van der Waals surface area contributed by atoms with Crippen LogP contribution in [0.25, 0.3) is 0 Å². The first-order valence-electron chi connectivity index (χ1n) is 4.22. The molecule has 1 N–H and O–H groups in total. The monoisotopic (exact) mass is 177 g/mol. The third-order valence-electron chi connectivity index (χ3n) is 1.60. The molecule has 1 nitrogen and oxygen atoms in total. The number of hydrogen-bond acceptors (Lipinski definition) is 1. The number of rotatable bonds is 2. The molecule has 2 heteroatoms. The average Bonchev–Trinajstić information content (AvgIpc) is 2.15.